The van der Waals surface area contributed by atoms with Crippen molar-refractivity contribution in [2.24, 2.45) is 0 Å². The van der Waals surface area contributed by atoms with E-state index in [4.69, 9.17) is 4.74 Å². The topological polar surface area (TPSA) is 75.7 Å². The van der Waals surface area contributed by atoms with Crippen LogP contribution >= 0.6 is 0 Å². The lowest BCUT2D eigenvalue weighted by Crippen LogP contribution is -2.41. The molecule has 2 aromatic carbocycles. The van der Waals surface area contributed by atoms with Crippen LogP contribution in [0, 0.1) is 0 Å². The van der Waals surface area contributed by atoms with E-state index in [0.717, 1.165) is 17.7 Å². The zero-order valence-corrected chi connectivity index (χ0v) is 15.2. The summed E-state index contributed by atoms with van der Waals surface area (Å²) in [5, 5.41) is 2.68. The van der Waals surface area contributed by atoms with Crippen molar-refractivity contribution in [2.45, 2.75) is 18.9 Å². The van der Waals surface area contributed by atoms with Gasteiger partial charge in [0.25, 0.3) is 5.91 Å². The monoisotopic (exact) mass is 366 g/mol. The first-order chi connectivity index (χ1) is 13.1. The van der Waals surface area contributed by atoms with Crippen molar-refractivity contribution in [1.29, 1.82) is 0 Å². The Morgan fingerprint density at radius 3 is 2.48 bits per heavy atom. The Bertz CT molecular complexity index is 818. The van der Waals surface area contributed by atoms with Crippen molar-refractivity contribution in [3.05, 3.63) is 65.7 Å². The number of hydrogen-bond donors (Lipinski definition) is 1. The van der Waals surface area contributed by atoms with Gasteiger partial charge in [-0.2, -0.15) is 0 Å². The minimum Gasteiger partial charge on any atom is -0.497 e. The molecular weight excluding hydrogens is 344 g/mol. The van der Waals surface area contributed by atoms with Gasteiger partial charge in [-0.15, -0.1) is 0 Å². The summed E-state index contributed by atoms with van der Waals surface area (Å²) in [5.74, 6) is -0.474. The molecule has 1 aliphatic heterocycles. The molecule has 1 heterocycles. The molecule has 1 fully saturated rings. The van der Waals surface area contributed by atoms with Crippen LogP contribution in [0.3, 0.4) is 0 Å². The predicted molar refractivity (Wildman–Crippen MR) is 101 cm³/mol. The van der Waals surface area contributed by atoms with Gasteiger partial charge in [0.2, 0.25) is 11.7 Å². The fourth-order valence-electron chi connectivity index (χ4n) is 3.11. The van der Waals surface area contributed by atoms with Crippen LogP contribution < -0.4 is 10.1 Å². The third-order valence-electron chi connectivity index (χ3n) is 4.62. The molecule has 140 valence electrons. The number of amides is 2. The van der Waals surface area contributed by atoms with E-state index in [1.165, 1.54) is 0 Å². The first kappa shape index (κ1) is 18.6. The first-order valence-corrected chi connectivity index (χ1v) is 8.88. The lowest BCUT2D eigenvalue weighted by Gasteiger charge is -2.17. The average molecular weight is 366 g/mol. The minimum atomic E-state index is -0.670. The minimum absolute atomic E-state index is 0.0130. The average Bonchev–Trinajstić information content (AvgIpc) is 3.05. The smallest absolute Gasteiger partial charge is 0.292 e. The lowest BCUT2D eigenvalue weighted by molar-refractivity contribution is -0.127. The fourth-order valence-corrected chi connectivity index (χ4v) is 3.11. The van der Waals surface area contributed by atoms with E-state index >= 15 is 0 Å². The molecule has 6 heteroatoms. The molecule has 1 aliphatic rings. The fraction of sp³-hybridized carbons (Fsp3) is 0.286. The number of carbonyl (C=O) groups excluding carboxylic acids is 3. The number of nitrogens with one attached hydrogen (secondary N) is 1. The number of likely N-dealkylation sites (tertiary alicyclic amines) is 1. The lowest BCUT2D eigenvalue weighted by atomic mass is 10.1. The van der Waals surface area contributed by atoms with Crippen LogP contribution in [0.5, 0.6) is 5.75 Å². The molecule has 0 unspecified atom stereocenters. The Kier molecular flexibility index (Phi) is 5.86. The maximum Gasteiger partial charge on any atom is 0.292 e. The number of benzene rings is 2. The number of carbonyl (C=O) groups is 3. The molecule has 0 radical (unpaired) electrons. The Balaban J connectivity index is 1.50. The van der Waals surface area contributed by atoms with E-state index in [1.807, 2.05) is 24.3 Å². The predicted octanol–water partition coefficient (Wildman–Crippen LogP) is 1.84. The summed E-state index contributed by atoms with van der Waals surface area (Å²) in [6.07, 6.45) is 0.940. The maximum absolute atomic E-state index is 12.2. The largest absolute Gasteiger partial charge is 0.497 e. The molecule has 0 aromatic heterocycles. The van der Waals surface area contributed by atoms with E-state index in [0.29, 0.717) is 18.7 Å². The summed E-state index contributed by atoms with van der Waals surface area (Å²) in [6, 6.07) is 15.8. The highest BCUT2D eigenvalue weighted by molar-refractivity contribution is 6.42. The van der Waals surface area contributed by atoms with Gasteiger partial charge in [0.1, 0.15) is 5.75 Å². The molecule has 0 saturated carbocycles. The van der Waals surface area contributed by atoms with Crippen molar-refractivity contribution in [3.63, 3.8) is 0 Å². The van der Waals surface area contributed by atoms with Gasteiger partial charge in [-0.25, -0.2) is 0 Å². The Morgan fingerprint density at radius 1 is 1.11 bits per heavy atom. The van der Waals surface area contributed by atoms with Crippen LogP contribution in [0.4, 0.5) is 0 Å². The molecule has 0 bridgehead atoms. The maximum atomic E-state index is 12.2. The third kappa shape index (κ3) is 4.73. The molecule has 0 spiro atoms. The van der Waals surface area contributed by atoms with Gasteiger partial charge < -0.3 is 15.0 Å². The number of ketones is 1. The second kappa shape index (κ2) is 8.49. The molecule has 6 nitrogen and oxygen atoms in total. The van der Waals surface area contributed by atoms with E-state index in [9.17, 15) is 14.4 Å². The van der Waals surface area contributed by atoms with Crippen LogP contribution in [-0.2, 0) is 16.0 Å². The van der Waals surface area contributed by atoms with Crippen molar-refractivity contribution in [3.8, 4) is 5.75 Å². The van der Waals surface area contributed by atoms with Gasteiger partial charge in [-0.3, -0.25) is 14.4 Å². The van der Waals surface area contributed by atoms with Crippen molar-refractivity contribution >= 4 is 17.6 Å². The molecule has 1 atom stereocenters. The van der Waals surface area contributed by atoms with E-state index in [1.54, 1.807) is 42.3 Å². The Labute approximate surface area is 158 Å². The van der Waals surface area contributed by atoms with E-state index in [2.05, 4.69) is 5.32 Å². The summed E-state index contributed by atoms with van der Waals surface area (Å²) in [6.45, 7) is 0.993. The number of nitrogens with zero attached hydrogens (tertiary/aromatic N) is 1. The van der Waals surface area contributed by atoms with Gasteiger partial charge in [0.05, 0.1) is 13.2 Å². The molecule has 0 aliphatic carbocycles. The summed E-state index contributed by atoms with van der Waals surface area (Å²) < 4.78 is 5.13. The molecular formula is C21H22N2O4. The first-order valence-electron chi connectivity index (χ1n) is 8.88. The van der Waals surface area contributed by atoms with Gasteiger partial charge in [-0.1, -0.05) is 42.5 Å². The molecule has 3 rings (SSSR count). The van der Waals surface area contributed by atoms with Crippen molar-refractivity contribution in [1.82, 2.24) is 10.2 Å². The Hall–Kier alpha value is -3.15. The number of Topliss-reactive ketones (excluding diaryl/α,β-unsaturated/α-hetero) is 1. The molecule has 27 heavy (non-hydrogen) atoms. The Morgan fingerprint density at radius 2 is 1.81 bits per heavy atom. The number of hydrogen-bond acceptors (Lipinski definition) is 4. The molecule has 2 aromatic rings. The second-order valence-corrected chi connectivity index (χ2v) is 6.51. The second-order valence-electron chi connectivity index (χ2n) is 6.51. The zero-order valence-electron chi connectivity index (χ0n) is 15.2. The van der Waals surface area contributed by atoms with Crippen LogP contribution in [0.25, 0.3) is 0 Å². The number of ether oxygens (including phenoxy) is 1. The normalized spacial score (nSPS) is 16.3. The van der Waals surface area contributed by atoms with Gasteiger partial charge in [-0.05, 0) is 24.1 Å². The van der Waals surface area contributed by atoms with Gasteiger partial charge in [0, 0.05) is 25.1 Å². The standard InChI is InChI=1S/C21H22N2O4/c1-27-18-9-7-15(8-10-18)11-12-23-14-17(13-19(23)24)22-21(26)20(25)16-5-3-2-4-6-16/h2-10,17H,11-14H2,1H3,(H,22,26)/t17-/m0/s1. The van der Waals surface area contributed by atoms with Crippen LogP contribution in [-0.4, -0.2) is 48.7 Å². The SMILES string of the molecule is COc1ccc(CCN2C[C@@H](NC(=O)C(=O)c3ccccc3)CC2=O)cc1. The third-order valence-corrected chi connectivity index (χ3v) is 4.62. The summed E-state index contributed by atoms with van der Waals surface area (Å²) in [4.78, 5) is 38.2. The quantitative estimate of drug-likeness (QED) is 0.599. The van der Waals surface area contributed by atoms with Crippen LogP contribution in [0.1, 0.15) is 22.3 Å². The van der Waals surface area contributed by atoms with E-state index < -0.39 is 11.7 Å². The summed E-state index contributed by atoms with van der Waals surface area (Å²) >= 11 is 0. The van der Waals surface area contributed by atoms with Crippen LogP contribution in [0.2, 0.25) is 0 Å². The van der Waals surface area contributed by atoms with Gasteiger partial charge >= 0.3 is 0 Å². The summed E-state index contributed by atoms with van der Waals surface area (Å²) in [7, 11) is 1.62. The molecule has 1 saturated heterocycles. The van der Waals surface area contributed by atoms with Crippen molar-refractivity contribution < 1.29 is 19.1 Å². The number of rotatable bonds is 7. The number of methoxy groups -OCH3 is 1. The van der Waals surface area contributed by atoms with Crippen molar-refractivity contribution in [2.75, 3.05) is 20.2 Å². The van der Waals surface area contributed by atoms with Crippen LogP contribution in [0.15, 0.2) is 54.6 Å². The van der Waals surface area contributed by atoms with Gasteiger partial charge in [0.15, 0.2) is 0 Å². The van der Waals surface area contributed by atoms with E-state index in [-0.39, 0.29) is 18.4 Å². The highest BCUT2D eigenvalue weighted by atomic mass is 16.5. The highest BCUT2D eigenvalue weighted by Gasteiger charge is 2.31. The summed E-state index contributed by atoms with van der Waals surface area (Å²) in [5.41, 5.74) is 1.45. The molecule has 2 amide bonds. The molecule has 1 N–H and O–H groups in total. The zero-order chi connectivity index (χ0) is 19.2. The highest BCUT2D eigenvalue weighted by Crippen LogP contribution is 2.15.